The van der Waals surface area contributed by atoms with Gasteiger partial charge >= 0.3 is 0 Å². The summed E-state index contributed by atoms with van der Waals surface area (Å²) >= 11 is 0. The van der Waals surface area contributed by atoms with Gasteiger partial charge in [-0.3, -0.25) is 0 Å². The second kappa shape index (κ2) is 6.94. The van der Waals surface area contributed by atoms with Gasteiger partial charge in [0.2, 0.25) is 0 Å². The lowest BCUT2D eigenvalue weighted by molar-refractivity contribution is 0.135. The highest BCUT2D eigenvalue weighted by Gasteiger charge is 2.24. The lowest BCUT2D eigenvalue weighted by Crippen LogP contribution is -2.19. The van der Waals surface area contributed by atoms with E-state index in [2.05, 4.69) is 6.92 Å². The van der Waals surface area contributed by atoms with Crippen LogP contribution in [0.15, 0.2) is 30.3 Å². The van der Waals surface area contributed by atoms with E-state index >= 15 is 0 Å². The molecule has 1 saturated carbocycles. The van der Waals surface area contributed by atoms with Crippen LogP contribution < -0.4 is 0 Å². The summed E-state index contributed by atoms with van der Waals surface area (Å²) in [5.74, 6) is 1.75. The Labute approximate surface area is 111 Å². The monoisotopic (exact) mass is 246 g/mol. The van der Waals surface area contributed by atoms with Gasteiger partial charge in [0, 0.05) is 0 Å². The van der Waals surface area contributed by atoms with Gasteiger partial charge in [0.1, 0.15) is 0 Å². The van der Waals surface area contributed by atoms with Crippen LogP contribution in [0.2, 0.25) is 0 Å². The number of hydrogen-bond donors (Lipinski definition) is 1. The van der Waals surface area contributed by atoms with Crippen molar-refractivity contribution in [2.75, 3.05) is 0 Å². The summed E-state index contributed by atoms with van der Waals surface area (Å²) in [4.78, 5) is 0. The topological polar surface area (TPSA) is 20.2 Å². The van der Waals surface area contributed by atoms with E-state index in [0.29, 0.717) is 0 Å². The van der Waals surface area contributed by atoms with Crippen molar-refractivity contribution in [1.82, 2.24) is 0 Å². The molecular formula is C17H26O. The van der Waals surface area contributed by atoms with E-state index < -0.39 is 0 Å². The molecule has 1 aliphatic carbocycles. The zero-order valence-corrected chi connectivity index (χ0v) is 11.5. The van der Waals surface area contributed by atoms with Crippen LogP contribution in [-0.2, 0) is 0 Å². The molecule has 0 amide bonds. The SMILES string of the molecule is CCC1CCCCC1CCC(O)c1ccccc1. The third kappa shape index (κ3) is 3.58. The van der Waals surface area contributed by atoms with E-state index in [1.54, 1.807) is 0 Å². The van der Waals surface area contributed by atoms with Gasteiger partial charge in [0.15, 0.2) is 0 Å². The van der Waals surface area contributed by atoms with Crippen LogP contribution in [0.3, 0.4) is 0 Å². The van der Waals surface area contributed by atoms with Gasteiger partial charge in [-0.2, -0.15) is 0 Å². The van der Waals surface area contributed by atoms with Gasteiger partial charge in [-0.05, 0) is 30.2 Å². The molecular weight excluding hydrogens is 220 g/mol. The van der Waals surface area contributed by atoms with Gasteiger partial charge in [0.05, 0.1) is 6.10 Å². The van der Waals surface area contributed by atoms with Crippen molar-refractivity contribution < 1.29 is 5.11 Å². The largest absolute Gasteiger partial charge is 0.388 e. The molecule has 1 fully saturated rings. The molecule has 1 aliphatic rings. The summed E-state index contributed by atoms with van der Waals surface area (Å²) in [7, 11) is 0. The third-order valence-electron chi connectivity index (χ3n) is 4.59. The average Bonchev–Trinajstić information content (AvgIpc) is 2.46. The van der Waals surface area contributed by atoms with Crippen molar-refractivity contribution in [3.8, 4) is 0 Å². The average molecular weight is 246 g/mol. The molecule has 3 atom stereocenters. The first-order valence-corrected chi connectivity index (χ1v) is 7.54. The molecule has 0 aliphatic heterocycles. The molecule has 0 saturated heterocycles. The van der Waals surface area contributed by atoms with E-state index in [4.69, 9.17) is 0 Å². The van der Waals surface area contributed by atoms with E-state index in [1.165, 1.54) is 38.5 Å². The highest BCUT2D eigenvalue weighted by Crippen LogP contribution is 2.36. The summed E-state index contributed by atoms with van der Waals surface area (Å²) in [5, 5.41) is 10.2. The van der Waals surface area contributed by atoms with Crippen LogP contribution in [-0.4, -0.2) is 5.11 Å². The number of aliphatic hydroxyl groups is 1. The minimum Gasteiger partial charge on any atom is -0.388 e. The molecule has 0 aromatic heterocycles. The van der Waals surface area contributed by atoms with Crippen LogP contribution in [0.5, 0.6) is 0 Å². The fourth-order valence-corrected chi connectivity index (χ4v) is 3.42. The van der Waals surface area contributed by atoms with Crippen LogP contribution in [0.1, 0.15) is 63.5 Å². The highest BCUT2D eigenvalue weighted by atomic mass is 16.3. The number of benzene rings is 1. The van der Waals surface area contributed by atoms with Gasteiger partial charge < -0.3 is 5.11 Å². The van der Waals surface area contributed by atoms with Crippen molar-refractivity contribution >= 4 is 0 Å². The number of hydrogen-bond acceptors (Lipinski definition) is 1. The second-order valence-electron chi connectivity index (χ2n) is 5.72. The molecule has 0 heterocycles. The Kier molecular flexibility index (Phi) is 5.25. The van der Waals surface area contributed by atoms with E-state index in [0.717, 1.165) is 23.8 Å². The zero-order valence-electron chi connectivity index (χ0n) is 11.5. The maximum Gasteiger partial charge on any atom is 0.0790 e. The smallest absolute Gasteiger partial charge is 0.0790 e. The molecule has 1 heteroatoms. The Bertz CT molecular complexity index is 333. The van der Waals surface area contributed by atoms with Crippen LogP contribution in [0.4, 0.5) is 0 Å². The van der Waals surface area contributed by atoms with E-state index in [-0.39, 0.29) is 6.10 Å². The molecule has 0 spiro atoms. The second-order valence-corrected chi connectivity index (χ2v) is 5.72. The molecule has 18 heavy (non-hydrogen) atoms. The molecule has 1 N–H and O–H groups in total. The first kappa shape index (κ1) is 13.6. The molecule has 0 bridgehead atoms. The molecule has 3 unspecified atom stereocenters. The standard InChI is InChI=1S/C17H26O/c1-2-14-8-6-7-9-15(14)12-13-17(18)16-10-4-3-5-11-16/h3-5,10-11,14-15,17-18H,2,6-9,12-13H2,1H3. The summed E-state index contributed by atoms with van der Waals surface area (Å²) in [6.45, 7) is 2.32. The first-order valence-electron chi connectivity index (χ1n) is 7.54. The normalized spacial score (nSPS) is 25.9. The number of aliphatic hydroxyl groups excluding tert-OH is 1. The predicted molar refractivity (Wildman–Crippen MR) is 76.4 cm³/mol. The van der Waals surface area contributed by atoms with E-state index in [9.17, 15) is 5.11 Å². The fraction of sp³-hybridized carbons (Fsp3) is 0.647. The molecule has 1 aromatic rings. The Hall–Kier alpha value is -0.820. The zero-order chi connectivity index (χ0) is 12.8. The van der Waals surface area contributed by atoms with Crippen molar-refractivity contribution in [2.24, 2.45) is 11.8 Å². The third-order valence-corrected chi connectivity index (χ3v) is 4.59. The van der Waals surface area contributed by atoms with Gasteiger partial charge in [0.25, 0.3) is 0 Å². The number of rotatable bonds is 5. The Morgan fingerprint density at radius 2 is 1.78 bits per heavy atom. The predicted octanol–water partition coefficient (Wildman–Crippen LogP) is 4.72. The molecule has 1 nitrogen and oxygen atoms in total. The molecule has 100 valence electrons. The first-order chi connectivity index (χ1) is 8.81. The Morgan fingerprint density at radius 3 is 2.44 bits per heavy atom. The summed E-state index contributed by atoms with van der Waals surface area (Å²) in [5.41, 5.74) is 1.07. The van der Waals surface area contributed by atoms with Crippen molar-refractivity contribution in [2.45, 2.75) is 58.0 Å². The summed E-state index contributed by atoms with van der Waals surface area (Å²) in [6, 6.07) is 10.1. The molecule has 0 radical (unpaired) electrons. The highest BCUT2D eigenvalue weighted by molar-refractivity contribution is 5.17. The van der Waals surface area contributed by atoms with Crippen LogP contribution >= 0.6 is 0 Å². The van der Waals surface area contributed by atoms with Gasteiger partial charge in [-0.15, -0.1) is 0 Å². The lowest BCUT2D eigenvalue weighted by Gasteiger charge is -2.31. The molecule has 1 aromatic carbocycles. The van der Waals surface area contributed by atoms with Crippen molar-refractivity contribution in [3.63, 3.8) is 0 Å². The van der Waals surface area contributed by atoms with Crippen molar-refractivity contribution in [1.29, 1.82) is 0 Å². The Balaban J connectivity index is 1.83. The van der Waals surface area contributed by atoms with Gasteiger partial charge in [-0.1, -0.05) is 69.4 Å². The summed E-state index contributed by atoms with van der Waals surface area (Å²) < 4.78 is 0. The minimum absolute atomic E-state index is 0.273. The Morgan fingerprint density at radius 1 is 1.11 bits per heavy atom. The van der Waals surface area contributed by atoms with E-state index in [1.807, 2.05) is 30.3 Å². The minimum atomic E-state index is -0.273. The van der Waals surface area contributed by atoms with Crippen LogP contribution in [0.25, 0.3) is 0 Å². The quantitative estimate of drug-likeness (QED) is 0.797. The lowest BCUT2D eigenvalue weighted by atomic mass is 9.75. The van der Waals surface area contributed by atoms with Crippen molar-refractivity contribution in [3.05, 3.63) is 35.9 Å². The van der Waals surface area contributed by atoms with Crippen LogP contribution in [0, 0.1) is 11.8 Å². The maximum atomic E-state index is 10.2. The summed E-state index contributed by atoms with van der Waals surface area (Å²) in [6.07, 6.45) is 8.73. The fourth-order valence-electron chi connectivity index (χ4n) is 3.42. The molecule has 2 rings (SSSR count). The maximum absolute atomic E-state index is 10.2. The van der Waals surface area contributed by atoms with Gasteiger partial charge in [-0.25, -0.2) is 0 Å².